The summed E-state index contributed by atoms with van der Waals surface area (Å²) in [6, 6.07) is 7.20. The summed E-state index contributed by atoms with van der Waals surface area (Å²) in [5, 5.41) is 12.1. The predicted molar refractivity (Wildman–Crippen MR) is 98.1 cm³/mol. The van der Waals surface area contributed by atoms with Gasteiger partial charge in [-0.05, 0) is 49.4 Å². The van der Waals surface area contributed by atoms with Gasteiger partial charge in [0.25, 0.3) is 0 Å². The van der Waals surface area contributed by atoms with Crippen LogP contribution in [0, 0.1) is 11.8 Å². The Morgan fingerprint density at radius 2 is 1.81 bits per heavy atom. The van der Waals surface area contributed by atoms with Gasteiger partial charge in [-0.1, -0.05) is 6.92 Å². The van der Waals surface area contributed by atoms with Crippen molar-refractivity contribution in [1.29, 1.82) is 0 Å². The lowest BCUT2D eigenvalue weighted by Gasteiger charge is -2.34. The first kappa shape index (κ1) is 18.2. The third-order valence-corrected chi connectivity index (χ3v) is 4.94. The smallest absolute Gasteiger partial charge is 0.321 e. The van der Waals surface area contributed by atoms with Gasteiger partial charge in [-0.2, -0.15) is 0 Å². The van der Waals surface area contributed by atoms with Gasteiger partial charge in [-0.15, -0.1) is 0 Å². The van der Waals surface area contributed by atoms with Gasteiger partial charge in [0.1, 0.15) is 0 Å². The van der Waals surface area contributed by atoms with Crippen LogP contribution in [0.4, 0.5) is 16.2 Å². The quantitative estimate of drug-likeness (QED) is 0.865. The average molecular weight is 359 g/mol. The molecule has 2 atom stereocenters. The lowest BCUT2D eigenvalue weighted by molar-refractivity contribution is -0.143. The molecular weight excluding hydrogens is 334 g/mol. The van der Waals surface area contributed by atoms with Crippen LogP contribution < -0.4 is 10.2 Å². The van der Waals surface area contributed by atoms with Gasteiger partial charge in [-0.25, -0.2) is 4.79 Å². The zero-order valence-corrected chi connectivity index (χ0v) is 15.1. The number of nitrogens with one attached hydrogen (secondary N) is 1. The maximum Gasteiger partial charge on any atom is 0.321 e. The molecule has 1 saturated heterocycles. The second-order valence-electron chi connectivity index (χ2n) is 7.38. The summed E-state index contributed by atoms with van der Waals surface area (Å²) in [5.74, 6) is -1.20. The van der Waals surface area contributed by atoms with Crippen molar-refractivity contribution in [2.24, 2.45) is 11.8 Å². The van der Waals surface area contributed by atoms with E-state index in [0.29, 0.717) is 18.7 Å². The molecule has 3 rings (SSSR count). The van der Waals surface area contributed by atoms with Gasteiger partial charge in [0.2, 0.25) is 5.91 Å². The molecule has 1 aliphatic heterocycles. The van der Waals surface area contributed by atoms with Crippen LogP contribution in [-0.2, 0) is 9.59 Å². The highest BCUT2D eigenvalue weighted by Gasteiger charge is 2.33. The molecule has 1 saturated carbocycles. The molecule has 7 nitrogen and oxygen atoms in total. The third-order valence-electron chi connectivity index (χ3n) is 4.94. The van der Waals surface area contributed by atoms with Gasteiger partial charge in [-0.3, -0.25) is 9.59 Å². The third kappa shape index (κ3) is 4.15. The molecular formula is C19H25N3O4. The molecule has 2 fully saturated rings. The van der Waals surface area contributed by atoms with Gasteiger partial charge in [0.15, 0.2) is 0 Å². The van der Waals surface area contributed by atoms with E-state index in [0.717, 1.165) is 18.5 Å². The highest BCUT2D eigenvalue weighted by molar-refractivity contribution is 5.94. The van der Waals surface area contributed by atoms with Crippen LogP contribution >= 0.6 is 0 Å². The Morgan fingerprint density at radius 1 is 1.15 bits per heavy atom. The maximum atomic E-state index is 12.5. The predicted octanol–water partition coefficient (Wildman–Crippen LogP) is 2.78. The van der Waals surface area contributed by atoms with Gasteiger partial charge in [0.05, 0.1) is 5.92 Å². The number of carboxylic acid groups (broad SMARTS) is 1. The Balaban J connectivity index is 1.64. The zero-order chi connectivity index (χ0) is 18.8. The molecule has 2 aliphatic rings. The molecule has 0 spiro atoms. The Kier molecular flexibility index (Phi) is 5.15. The number of rotatable bonds is 4. The zero-order valence-electron chi connectivity index (χ0n) is 15.1. The number of likely N-dealkylation sites (tertiary alicyclic amines) is 1. The Hall–Kier alpha value is -2.57. The largest absolute Gasteiger partial charge is 0.481 e. The van der Waals surface area contributed by atoms with Crippen molar-refractivity contribution in [2.75, 3.05) is 23.3 Å². The highest BCUT2D eigenvalue weighted by Crippen LogP contribution is 2.32. The fourth-order valence-electron chi connectivity index (χ4n) is 3.59. The van der Waals surface area contributed by atoms with E-state index in [2.05, 4.69) is 5.32 Å². The molecule has 1 aromatic carbocycles. The molecule has 26 heavy (non-hydrogen) atoms. The van der Waals surface area contributed by atoms with Crippen LogP contribution in [0.25, 0.3) is 0 Å². The van der Waals surface area contributed by atoms with Crippen molar-refractivity contribution < 1.29 is 19.5 Å². The number of aliphatic carboxylic acids is 1. The number of nitrogens with zero attached hydrogens (tertiary/aromatic N) is 2. The van der Waals surface area contributed by atoms with Crippen LogP contribution in [0.2, 0.25) is 0 Å². The first-order valence-electron chi connectivity index (χ1n) is 9.03. The number of hydrogen-bond donors (Lipinski definition) is 2. The van der Waals surface area contributed by atoms with E-state index in [4.69, 9.17) is 0 Å². The summed E-state index contributed by atoms with van der Waals surface area (Å²) in [4.78, 5) is 38.9. The van der Waals surface area contributed by atoms with Crippen molar-refractivity contribution in [1.82, 2.24) is 4.90 Å². The van der Waals surface area contributed by atoms with Crippen molar-refractivity contribution in [3.05, 3.63) is 24.3 Å². The summed E-state index contributed by atoms with van der Waals surface area (Å²) in [6.07, 6.45) is 2.64. The average Bonchev–Trinajstić information content (AvgIpc) is 3.40. The first-order valence-corrected chi connectivity index (χ1v) is 9.03. The first-order chi connectivity index (χ1) is 12.3. The summed E-state index contributed by atoms with van der Waals surface area (Å²) < 4.78 is 0. The lowest BCUT2D eigenvalue weighted by Crippen LogP contribution is -2.47. The molecule has 140 valence electrons. The Morgan fingerprint density at radius 3 is 2.35 bits per heavy atom. The minimum atomic E-state index is -0.858. The molecule has 1 aliphatic carbocycles. The van der Waals surface area contributed by atoms with Crippen molar-refractivity contribution >= 4 is 29.3 Å². The summed E-state index contributed by atoms with van der Waals surface area (Å²) in [7, 11) is 0. The van der Waals surface area contributed by atoms with Gasteiger partial charge < -0.3 is 20.2 Å². The number of benzene rings is 1. The number of carbonyl (C=O) groups excluding carboxylic acids is 2. The van der Waals surface area contributed by atoms with Gasteiger partial charge in [0, 0.05) is 37.4 Å². The lowest BCUT2D eigenvalue weighted by atomic mass is 9.91. The van der Waals surface area contributed by atoms with E-state index in [1.165, 1.54) is 0 Å². The number of carbonyl (C=O) groups is 3. The van der Waals surface area contributed by atoms with E-state index in [-0.39, 0.29) is 30.4 Å². The standard InChI is InChI=1S/C19H25N3O4/c1-12-9-14(18(24)25)11-21(10-12)19(26)20-15-3-5-16(6-4-15)22(13(2)23)17-7-8-17/h3-6,12,14,17H,7-11H2,1-2H3,(H,20,26)(H,24,25). The van der Waals surface area contributed by atoms with E-state index >= 15 is 0 Å². The molecule has 0 aromatic heterocycles. The summed E-state index contributed by atoms with van der Waals surface area (Å²) >= 11 is 0. The van der Waals surface area contributed by atoms with Crippen LogP contribution in [0.3, 0.4) is 0 Å². The molecule has 1 aromatic rings. The van der Waals surface area contributed by atoms with Crippen molar-refractivity contribution in [2.45, 2.75) is 39.2 Å². The molecule has 0 radical (unpaired) electrons. The Labute approximate surface area is 153 Å². The number of carboxylic acids is 1. The van der Waals surface area contributed by atoms with Crippen molar-refractivity contribution in [3.8, 4) is 0 Å². The Bertz CT molecular complexity index is 699. The van der Waals surface area contributed by atoms with Crippen LogP contribution in [0.15, 0.2) is 24.3 Å². The molecule has 3 amide bonds. The number of amides is 3. The fraction of sp³-hybridized carbons (Fsp3) is 0.526. The normalized spacial score (nSPS) is 22.6. The summed E-state index contributed by atoms with van der Waals surface area (Å²) in [5.41, 5.74) is 1.46. The highest BCUT2D eigenvalue weighted by atomic mass is 16.4. The summed E-state index contributed by atoms with van der Waals surface area (Å²) in [6.45, 7) is 4.29. The molecule has 1 heterocycles. The SMILES string of the molecule is CC(=O)N(c1ccc(NC(=O)N2CC(C)CC(C(=O)O)C2)cc1)C1CC1. The second kappa shape index (κ2) is 7.35. The monoisotopic (exact) mass is 359 g/mol. The number of hydrogen-bond acceptors (Lipinski definition) is 3. The molecule has 0 bridgehead atoms. The number of anilines is 2. The minimum absolute atomic E-state index is 0.0197. The van der Waals surface area contributed by atoms with E-state index in [9.17, 15) is 19.5 Å². The van der Waals surface area contributed by atoms with Crippen LogP contribution in [0.1, 0.15) is 33.1 Å². The van der Waals surface area contributed by atoms with Gasteiger partial charge >= 0.3 is 12.0 Å². The number of piperidine rings is 1. The second-order valence-corrected chi connectivity index (χ2v) is 7.38. The van der Waals surface area contributed by atoms with Crippen LogP contribution in [-0.4, -0.2) is 47.0 Å². The maximum absolute atomic E-state index is 12.5. The molecule has 7 heteroatoms. The topological polar surface area (TPSA) is 90.0 Å². The molecule has 2 unspecified atom stereocenters. The fourth-order valence-corrected chi connectivity index (χ4v) is 3.59. The minimum Gasteiger partial charge on any atom is -0.481 e. The van der Waals surface area contributed by atoms with E-state index < -0.39 is 11.9 Å². The van der Waals surface area contributed by atoms with Crippen LogP contribution in [0.5, 0.6) is 0 Å². The number of urea groups is 1. The van der Waals surface area contributed by atoms with Crippen molar-refractivity contribution in [3.63, 3.8) is 0 Å². The van der Waals surface area contributed by atoms with E-state index in [1.54, 1.807) is 28.9 Å². The van der Waals surface area contributed by atoms with E-state index in [1.807, 2.05) is 19.1 Å². The molecule has 2 N–H and O–H groups in total.